The van der Waals surface area contributed by atoms with E-state index in [1.54, 1.807) is 0 Å². The molecule has 2 rings (SSSR count). The minimum Gasteiger partial charge on any atom is -0.384 e. The summed E-state index contributed by atoms with van der Waals surface area (Å²) in [5.41, 5.74) is 0.527. The number of benzene rings is 1. The molecule has 1 aromatic rings. The van der Waals surface area contributed by atoms with Gasteiger partial charge in [-0.25, -0.2) is 4.39 Å². The smallest absolute Gasteiger partial charge is 0.254 e. The average molecular weight is 275 g/mol. The average Bonchev–Trinajstić information content (AvgIpc) is 2.83. The number of aliphatic hydroxyl groups is 1. The summed E-state index contributed by atoms with van der Waals surface area (Å²) in [5, 5.41) is 11.5. The van der Waals surface area contributed by atoms with E-state index in [1.807, 2.05) is 0 Å². The Hall–Kier alpha value is -1.86. The van der Waals surface area contributed by atoms with Gasteiger partial charge in [0.1, 0.15) is 12.4 Å². The van der Waals surface area contributed by atoms with Gasteiger partial charge in [0.25, 0.3) is 5.91 Å². The first-order valence-corrected chi connectivity index (χ1v) is 6.80. The van der Waals surface area contributed by atoms with Crippen LogP contribution >= 0.6 is 0 Å². The molecule has 1 saturated carbocycles. The molecule has 0 saturated heterocycles. The van der Waals surface area contributed by atoms with Crippen LogP contribution < -0.4 is 5.32 Å². The molecule has 1 aliphatic rings. The van der Waals surface area contributed by atoms with Gasteiger partial charge in [-0.2, -0.15) is 0 Å². The number of aliphatic hydroxyl groups excluding tert-OH is 1. The number of hydrogen-bond acceptors (Lipinski definition) is 2. The van der Waals surface area contributed by atoms with Crippen molar-refractivity contribution in [2.24, 2.45) is 5.92 Å². The Bertz CT molecular complexity index is 559. The lowest BCUT2D eigenvalue weighted by Gasteiger charge is -2.13. The molecule has 0 spiro atoms. The van der Waals surface area contributed by atoms with Gasteiger partial charge in [-0.1, -0.05) is 18.8 Å². The summed E-state index contributed by atoms with van der Waals surface area (Å²) >= 11 is 0. The summed E-state index contributed by atoms with van der Waals surface area (Å²) in [6, 6.07) is 4.27. The van der Waals surface area contributed by atoms with E-state index in [2.05, 4.69) is 24.1 Å². The van der Waals surface area contributed by atoms with Gasteiger partial charge in [0.2, 0.25) is 0 Å². The van der Waals surface area contributed by atoms with Gasteiger partial charge in [0.15, 0.2) is 0 Å². The molecule has 0 heterocycles. The summed E-state index contributed by atoms with van der Waals surface area (Å²) in [5.74, 6) is 4.81. The fourth-order valence-corrected chi connectivity index (χ4v) is 2.52. The molecular formula is C16H18FNO2. The van der Waals surface area contributed by atoms with E-state index in [9.17, 15) is 9.18 Å². The Morgan fingerprint density at radius 3 is 2.95 bits per heavy atom. The molecule has 2 atom stereocenters. The summed E-state index contributed by atoms with van der Waals surface area (Å²) in [4.78, 5) is 12.1. The SMILES string of the molecule is CC1CCC(NC(=O)c2cc(C#CCO)ccc2F)C1. The first-order valence-electron chi connectivity index (χ1n) is 6.80. The molecule has 1 aliphatic carbocycles. The van der Waals surface area contributed by atoms with Gasteiger partial charge < -0.3 is 10.4 Å². The molecule has 1 aromatic carbocycles. The number of hydrogen-bond donors (Lipinski definition) is 2. The van der Waals surface area contributed by atoms with Crippen molar-refractivity contribution >= 4 is 5.91 Å². The van der Waals surface area contributed by atoms with Crippen molar-refractivity contribution in [2.75, 3.05) is 6.61 Å². The lowest BCUT2D eigenvalue weighted by atomic mass is 10.1. The van der Waals surface area contributed by atoms with Crippen LogP contribution in [0, 0.1) is 23.6 Å². The maximum Gasteiger partial charge on any atom is 0.254 e. The Morgan fingerprint density at radius 2 is 2.30 bits per heavy atom. The highest BCUT2D eigenvalue weighted by Gasteiger charge is 2.24. The number of amides is 1. The second kappa shape index (κ2) is 6.53. The van der Waals surface area contributed by atoms with E-state index < -0.39 is 11.7 Å². The molecule has 0 radical (unpaired) electrons. The van der Waals surface area contributed by atoms with Crippen molar-refractivity contribution in [1.82, 2.24) is 5.32 Å². The van der Waals surface area contributed by atoms with Gasteiger partial charge in [0.05, 0.1) is 5.56 Å². The zero-order valence-corrected chi connectivity index (χ0v) is 11.4. The molecule has 4 heteroatoms. The standard InChI is InChI=1S/C16H18FNO2/c1-11-4-6-13(9-11)18-16(20)14-10-12(3-2-8-19)5-7-15(14)17/h5,7,10-11,13,19H,4,6,8-9H2,1H3,(H,18,20). The Balaban J connectivity index is 2.12. The normalized spacial score (nSPS) is 21.1. The highest BCUT2D eigenvalue weighted by Crippen LogP contribution is 2.25. The van der Waals surface area contributed by atoms with Crippen LogP contribution in [0.25, 0.3) is 0 Å². The number of halogens is 1. The Kier molecular flexibility index (Phi) is 4.75. The van der Waals surface area contributed by atoms with Gasteiger partial charge in [-0.05, 0) is 43.4 Å². The number of carbonyl (C=O) groups excluding carboxylic acids is 1. The predicted octanol–water partition coefficient (Wildman–Crippen LogP) is 2.09. The lowest BCUT2D eigenvalue weighted by Crippen LogP contribution is -2.33. The highest BCUT2D eigenvalue weighted by molar-refractivity contribution is 5.95. The van der Waals surface area contributed by atoms with Gasteiger partial charge in [0, 0.05) is 11.6 Å². The van der Waals surface area contributed by atoms with Crippen LogP contribution in [0.4, 0.5) is 4.39 Å². The summed E-state index contributed by atoms with van der Waals surface area (Å²) in [7, 11) is 0. The molecule has 0 aliphatic heterocycles. The molecular weight excluding hydrogens is 257 g/mol. The van der Waals surface area contributed by atoms with E-state index in [0.717, 1.165) is 19.3 Å². The molecule has 20 heavy (non-hydrogen) atoms. The zero-order chi connectivity index (χ0) is 14.5. The summed E-state index contributed by atoms with van der Waals surface area (Å²) < 4.78 is 13.7. The molecule has 0 bridgehead atoms. The van der Waals surface area contributed by atoms with Crippen LogP contribution in [0.5, 0.6) is 0 Å². The first kappa shape index (κ1) is 14.5. The van der Waals surface area contributed by atoms with Crippen LogP contribution in [0.1, 0.15) is 42.1 Å². The van der Waals surface area contributed by atoms with Crippen LogP contribution in [-0.4, -0.2) is 23.7 Å². The quantitative estimate of drug-likeness (QED) is 0.812. The third-order valence-electron chi connectivity index (χ3n) is 3.55. The molecule has 0 aromatic heterocycles. The largest absolute Gasteiger partial charge is 0.384 e. The van der Waals surface area contributed by atoms with Crippen molar-refractivity contribution in [3.8, 4) is 11.8 Å². The molecule has 3 nitrogen and oxygen atoms in total. The van der Waals surface area contributed by atoms with Gasteiger partial charge >= 0.3 is 0 Å². The van der Waals surface area contributed by atoms with Gasteiger partial charge in [-0.3, -0.25) is 4.79 Å². The minimum absolute atomic E-state index is 0.00860. The van der Waals surface area contributed by atoms with Crippen LogP contribution in [-0.2, 0) is 0 Å². The van der Waals surface area contributed by atoms with Crippen molar-refractivity contribution in [3.05, 3.63) is 35.1 Å². The van der Waals surface area contributed by atoms with Crippen LogP contribution in [0.3, 0.4) is 0 Å². The minimum atomic E-state index is -0.553. The molecule has 1 fully saturated rings. The maximum atomic E-state index is 13.7. The molecule has 106 valence electrons. The Labute approximate surface area is 118 Å². The third-order valence-corrected chi connectivity index (χ3v) is 3.55. The van der Waals surface area contributed by atoms with E-state index >= 15 is 0 Å². The van der Waals surface area contributed by atoms with E-state index in [4.69, 9.17) is 5.11 Å². The van der Waals surface area contributed by atoms with E-state index in [1.165, 1.54) is 18.2 Å². The van der Waals surface area contributed by atoms with Crippen molar-refractivity contribution in [3.63, 3.8) is 0 Å². The predicted molar refractivity (Wildman–Crippen MR) is 74.6 cm³/mol. The van der Waals surface area contributed by atoms with Crippen molar-refractivity contribution in [2.45, 2.75) is 32.2 Å². The summed E-state index contributed by atoms with van der Waals surface area (Å²) in [6.07, 6.45) is 2.98. The second-order valence-electron chi connectivity index (χ2n) is 5.24. The molecule has 2 N–H and O–H groups in total. The molecule has 2 unspecified atom stereocenters. The van der Waals surface area contributed by atoms with Crippen molar-refractivity contribution < 1.29 is 14.3 Å². The van der Waals surface area contributed by atoms with Gasteiger partial charge in [-0.15, -0.1) is 0 Å². The van der Waals surface area contributed by atoms with E-state index in [-0.39, 0.29) is 18.2 Å². The first-order chi connectivity index (χ1) is 9.60. The van der Waals surface area contributed by atoms with Crippen LogP contribution in [0.2, 0.25) is 0 Å². The Morgan fingerprint density at radius 1 is 1.50 bits per heavy atom. The lowest BCUT2D eigenvalue weighted by molar-refractivity contribution is 0.0933. The topological polar surface area (TPSA) is 49.3 Å². The van der Waals surface area contributed by atoms with Crippen LogP contribution in [0.15, 0.2) is 18.2 Å². The monoisotopic (exact) mass is 275 g/mol. The third kappa shape index (κ3) is 3.58. The van der Waals surface area contributed by atoms with Crippen molar-refractivity contribution in [1.29, 1.82) is 0 Å². The number of carbonyl (C=O) groups is 1. The molecule has 1 amide bonds. The zero-order valence-electron chi connectivity index (χ0n) is 11.4. The number of rotatable bonds is 2. The van der Waals surface area contributed by atoms with E-state index in [0.29, 0.717) is 11.5 Å². The summed E-state index contributed by atoms with van der Waals surface area (Å²) in [6.45, 7) is 1.89. The fourth-order valence-electron chi connectivity index (χ4n) is 2.52. The fraction of sp³-hybridized carbons (Fsp3) is 0.438. The maximum absolute atomic E-state index is 13.7. The highest BCUT2D eigenvalue weighted by atomic mass is 19.1. The number of nitrogens with one attached hydrogen (secondary N) is 1. The second-order valence-corrected chi connectivity index (χ2v) is 5.24.